The van der Waals surface area contributed by atoms with Gasteiger partial charge in [0.15, 0.2) is 0 Å². The van der Waals surface area contributed by atoms with Crippen molar-refractivity contribution in [1.29, 1.82) is 0 Å². The number of sulfonamides is 1. The van der Waals surface area contributed by atoms with Crippen LogP contribution >= 0.6 is 11.3 Å². The first-order chi connectivity index (χ1) is 9.42. The second-order valence-electron chi connectivity index (χ2n) is 5.71. The summed E-state index contributed by atoms with van der Waals surface area (Å²) in [5.74, 6) is 0. The highest BCUT2D eigenvalue weighted by Crippen LogP contribution is 2.40. The van der Waals surface area contributed by atoms with Gasteiger partial charge in [0, 0.05) is 11.4 Å². The Bertz CT molecular complexity index is 557. The van der Waals surface area contributed by atoms with Crippen LogP contribution in [0, 0.1) is 12.3 Å². The van der Waals surface area contributed by atoms with E-state index in [1.807, 2.05) is 6.92 Å². The maximum atomic E-state index is 12.3. The van der Waals surface area contributed by atoms with E-state index in [2.05, 4.69) is 11.6 Å². The molecule has 2 N–H and O–H groups in total. The lowest BCUT2D eigenvalue weighted by Crippen LogP contribution is -2.35. The van der Waals surface area contributed by atoms with Gasteiger partial charge >= 0.3 is 0 Å². The molecule has 1 aliphatic carbocycles. The Hall–Kier alpha value is -0.430. The van der Waals surface area contributed by atoms with Crippen LogP contribution < -0.4 is 4.72 Å². The topological polar surface area (TPSA) is 66.4 Å². The van der Waals surface area contributed by atoms with Gasteiger partial charge in [-0.1, -0.05) is 19.8 Å². The third kappa shape index (κ3) is 3.24. The van der Waals surface area contributed by atoms with Crippen LogP contribution in [0.3, 0.4) is 0 Å². The van der Waals surface area contributed by atoms with Crippen molar-refractivity contribution >= 4 is 21.4 Å². The number of aryl methyl sites for hydroxylation is 1. The molecule has 1 heterocycles. The lowest BCUT2D eigenvalue weighted by Gasteiger charge is -2.27. The van der Waals surface area contributed by atoms with E-state index < -0.39 is 10.0 Å². The first kappa shape index (κ1) is 15.9. The largest absolute Gasteiger partial charge is 0.391 e. The van der Waals surface area contributed by atoms with Crippen molar-refractivity contribution in [2.45, 2.75) is 56.8 Å². The van der Waals surface area contributed by atoms with Crippen molar-refractivity contribution in [3.8, 4) is 0 Å². The van der Waals surface area contributed by atoms with Gasteiger partial charge in [-0.2, -0.15) is 0 Å². The van der Waals surface area contributed by atoms with E-state index in [0.29, 0.717) is 10.8 Å². The van der Waals surface area contributed by atoms with Crippen molar-refractivity contribution in [2.24, 2.45) is 5.41 Å². The third-order valence-corrected chi connectivity index (χ3v) is 7.55. The van der Waals surface area contributed by atoms with Gasteiger partial charge in [-0.15, -0.1) is 11.3 Å². The molecule has 1 saturated carbocycles. The van der Waals surface area contributed by atoms with E-state index >= 15 is 0 Å². The van der Waals surface area contributed by atoms with Crippen molar-refractivity contribution < 1.29 is 13.5 Å². The maximum Gasteiger partial charge on any atom is 0.250 e. The zero-order valence-electron chi connectivity index (χ0n) is 12.1. The summed E-state index contributed by atoms with van der Waals surface area (Å²) in [6, 6.07) is 1.64. The number of aliphatic hydroxyl groups excluding tert-OH is 1. The molecule has 0 spiro atoms. The highest BCUT2D eigenvalue weighted by atomic mass is 32.2. The van der Waals surface area contributed by atoms with Gasteiger partial charge in [0.25, 0.3) is 0 Å². The molecule has 0 atom stereocenters. The van der Waals surface area contributed by atoms with Crippen molar-refractivity contribution in [3.63, 3.8) is 0 Å². The molecule has 1 aromatic heterocycles. The molecular weight excluding hydrogens is 294 g/mol. The molecule has 4 nitrogen and oxygen atoms in total. The Labute approximate surface area is 125 Å². The summed E-state index contributed by atoms with van der Waals surface area (Å²) in [6.07, 6.45) is 5.63. The highest BCUT2D eigenvalue weighted by molar-refractivity contribution is 7.91. The Morgan fingerprint density at radius 3 is 2.55 bits per heavy atom. The molecule has 0 bridgehead atoms. The minimum atomic E-state index is -3.45. The molecule has 114 valence electrons. The monoisotopic (exact) mass is 317 g/mol. The van der Waals surface area contributed by atoms with Gasteiger partial charge in [-0.3, -0.25) is 0 Å². The summed E-state index contributed by atoms with van der Waals surface area (Å²) in [6.45, 7) is 4.38. The standard InChI is InChI=1S/C14H23NO3S2/c1-3-14(6-4-5-7-14)10-15-20(17,18)13-8-11(2)12(9-16)19-13/h8,15-16H,3-7,9-10H2,1-2H3. The molecule has 0 saturated heterocycles. The molecule has 6 heteroatoms. The van der Waals surface area contributed by atoms with Crippen molar-refractivity contribution in [3.05, 3.63) is 16.5 Å². The van der Waals surface area contributed by atoms with Crippen LogP contribution in [0.25, 0.3) is 0 Å². The Morgan fingerprint density at radius 2 is 2.05 bits per heavy atom. The first-order valence-corrected chi connectivity index (χ1v) is 9.42. The smallest absolute Gasteiger partial charge is 0.250 e. The van der Waals surface area contributed by atoms with Crippen molar-refractivity contribution in [1.82, 2.24) is 4.72 Å². The number of nitrogens with one attached hydrogen (secondary N) is 1. The molecule has 0 unspecified atom stereocenters. The summed E-state index contributed by atoms with van der Waals surface area (Å²) >= 11 is 1.15. The summed E-state index contributed by atoms with van der Waals surface area (Å²) in [5.41, 5.74) is 0.975. The van der Waals surface area contributed by atoms with Gasteiger partial charge in [0.1, 0.15) is 4.21 Å². The Morgan fingerprint density at radius 1 is 1.40 bits per heavy atom. The predicted molar refractivity (Wildman–Crippen MR) is 81.4 cm³/mol. The van der Waals surface area contributed by atoms with E-state index in [1.54, 1.807) is 6.07 Å². The molecule has 2 rings (SSSR count). The molecule has 1 aromatic rings. The molecule has 0 radical (unpaired) electrons. The highest BCUT2D eigenvalue weighted by Gasteiger charge is 2.33. The summed E-state index contributed by atoms with van der Waals surface area (Å²) in [4.78, 5) is 0.719. The fourth-order valence-electron chi connectivity index (χ4n) is 2.88. The zero-order chi connectivity index (χ0) is 14.8. The van der Waals surface area contributed by atoms with E-state index in [1.165, 1.54) is 12.8 Å². The summed E-state index contributed by atoms with van der Waals surface area (Å²) in [7, 11) is -3.45. The van der Waals surface area contributed by atoms with Crippen LogP contribution in [0.5, 0.6) is 0 Å². The number of hydrogen-bond acceptors (Lipinski definition) is 4. The second-order valence-corrected chi connectivity index (χ2v) is 8.85. The van der Waals surface area contributed by atoms with Crippen LogP contribution in [-0.4, -0.2) is 20.1 Å². The van der Waals surface area contributed by atoms with Gasteiger partial charge < -0.3 is 5.11 Å². The maximum absolute atomic E-state index is 12.3. The van der Waals surface area contributed by atoms with Crippen molar-refractivity contribution in [2.75, 3.05) is 6.54 Å². The summed E-state index contributed by atoms with van der Waals surface area (Å²) in [5, 5.41) is 9.17. The fourth-order valence-corrected chi connectivity index (χ4v) is 5.53. The van der Waals surface area contributed by atoms with Crippen LogP contribution in [0.4, 0.5) is 0 Å². The normalized spacial score (nSPS) is 18.6. The van der Waals surface area contributed by atoms with Gasteiger partial charge in [-0.05, 0) is 43.2 Å². The Balaban J connectivity index is 2.10. The number of aliphatic hydroxyl groups is 1. The molecule has 1 fully saturated rings. The lowest BCUT2D eigenvalue weighted by atomic mass is 9.84. The van der Waals surface area contributed by atoms with Crippen LogP contribution in [0.1, 0.15) is 49.5 Å². The van der Waals surface area contributed by atoms with Crippen LogP contribution in [0.2, 0.25) is 0 Å². The quantitative estimate of drug-likeness (QED) is 0.848. The molecule has 20 heavy (non-hydrogen) atoms. The van der Waals surface area contributed by atoms with E-state index in [4.69, 9.17) is 0 Å². The van der Waals surface area contributed by atoms with E-state index in [0.717, 1.165) is 41.0 Å². The SMILES string of the molecule is CCC1(CNS(=O)(=O)c2cc(C)c(CO)s2)CCCC1. The molecule has 0 aliphatic heterocycles. The van der Waals surface area contributed by atoms with E-state index in [9.17, 15) is 13.5 Å². The van der Waals surface area contributed by atoms with Crippen LogP contribution in [-0.2, 0) is 16.6 Å². The number of hydrogen-bond donors (Lipinski definition) is 2. The lowest BCUT2D eigenvalue weighted by molar-refractivity contribution is 0.285. The molecular formula is C14H23NO3S2. The second kappa shape index (κ2) is 6.13. The average Bonchev–Trinajstić information content (AvgIpc) is 3.04. The minimum Gasteiger partial charge on any atom is -0.391 e. The Kier molecular flexibility index (Phi) is 4.89. The van der Waals surface area contributed by atoms with Gasteiger partial charge in [0.2, 0.25) is 10.0 Å². The zero-order valence-corrected chi connectivity index (χ0v) is 13.7. The minimum absolute atomic E-state index is 0.106. The van der Waals surface area contributed by atoms with Gasteiger partial charge in [-0.25, -0.2) is 13.1 Å². The molecule has 1 aliphatic rings. The number of rotatable bonds is 6. The molecule has 0 amide bonds. The fraction of sp³-hybridized carbons (Fsp3) is 0.714. The van der Waals surface area contributed by atoms with E-state index in [-0.39, 0.29) is 12.0 Å². The number of thiophene rings is 1. The predicted octanol–water partition coefficient (Wildman–Crippen LogP) is 2.80. The molecule has 0 aromatic carbocycles. The average molecular weight is 317 g/mol. The van der Waals surface area contributed by atoms with Crippen LogP contribution in [0.15, 0.2) is 10.3 Å². The third-order valence-electron chi connectivity index (χ3n) is 4.46. The summed E-state index contributed by atoms with van der Waals surface area (Å²) < 4.78 is 27.8. The van der Waals surface area contributed by atoms with Gasteiger partial charge in [0.05, 0.1) is 6.61 Å². The first-order valence-electron chi connectivity index (χ1n) is 7.12.